The summed E-state index contributed by atoms with van der Waals surface area (Å²) in [6.45, 7) is 4.25. The molecular weight excluding hydrogens is 447 g/mol. The SMILES string of the molecule is C[C@@H](Nc1nc(Cl)nn2cc(C(=O)N3CC4(COC4)C3)cc12)c1cccc(C(F)F)c1F. The number of amides is 1. The molecule has 3 aromatic rings. The van der Waals surface area contributed by atoms with Gasteiger partial charge in [0.2, 0.25) is 5.28 Å². The van der Waals surface area contributed by atoms with E-state index in [1.54, 1.807) is 24.1 Å². The van der Waals surface area contributed by atoms with Crippen molar-refractivity contribution in [2.24, 2.45) is 5.41 Å². The Morgan fingerprint density at radius 2 is 2.00 bits per heavy atom. The highest BCUT2D eigenvalue weighted by atomic mass is 35.5. The number of hydrogen-bond acceptors (Lipinski definition) is 5. The van der Waals surface area contributed by atoms with Crippen LogP contribution in [0.15, 0.2) is 30.5 Å². The van der Waals surface area contributed by atoms with Gasteiger partial charge in [-0.05, 0) is 24.6 Å². The van der Waals surface area contributed by atoms with Gasteiger partial charge in [-0.1, -0.05) is 18.2 Å². The lowest BCUT2D eigenvalue weighted by Gasteiger charge is -2.54. The summed E-state index contributed by atoms with van der Waals surface area (Å²) < 4.78 is 47.4. The Morgan fingerprint density at radius 1 is 1.28 bits per heavy atom. The molecule has 0 saturated carbocycles. The Kier molecular flexibility index (Phi) is 5.01. The van der Waals surface area contributed by atoms with Crippen LogP contribution in [0.2, 0.25) is 5.28 Å². The molecule has 5 rings (SSSR count). The standard InChI is InChI=1S/C21H19ClF3N5O2/c1-11(13-3-2-4-14(16(13)23)17(24)25)26-18-15-5-12(6-30(15)28-20(22)27-18)19(31)29-7-21(8-29)9-32-10-21/h2-6,11,17H,7-10H2,1H3,(H,26,27,28)/t11-/m1/s1. The van der Waals surface area contributed by atoms with Crippen molar-refractivity contribution in [3.8, 4) is 0 Å². The molecule has 2 saturated heterocycles. The topological polar surface area (TPSA) is 71.8 Å². The van der Waals surface area contributed by atoms with Crippen LogP contribution in [0.3, 0.4) is 0 Å². The number of nitrogens with one attached hydrogen (secondary N) is 1. The zero-order valence-corrected chi connectivity index (χ0v) is 17.7. The molecule has 2 aromatic heterocycles. The second kappa shape index (κ2) is 7.63. The van der Waals surface area contributed by atoms with E-state index in [1.807, 2.05) is 0 Å². The van der Waals surface area contributed by atoms with Crippen molar-refractivity contribution in [2.75, 3.05) is 31.6 Å². The summed E-state index contributed by atoms with van der Waals surface area (Å²) in [5.74, 6) is -0.860. The number of anilines is 1. The molecule has 32 heavy (non-hydrogen) atoms. The van der Waals surface area contributed by atoms with E-state index in [9.17, 15) is 18.0 Å². The van der Waals surface area contributed by atoms with Crippen molar-refractivity contribution in [1.29, 1.82) is 0 Å². The minimum absolute atomic E-state index is 0.0622. The highest BCUT2D eigenvalue weighted by Gasteiger charge is 2.50. The number of likely N-dealkylation sites (tertiary alicyclic amines) is 1. The molecule has 1 atom stereocenters. The lowest BCUT2D eigenvalue weighted by atomic mass is 9.78. The first-order chi connectivity index (χ1) is 15.3. The van der Waals surface area contributed by atoms with Gasteiger partial charge in [-0.15, -0.1) is 5.10 Å². The summed E-state index contributed by atoms with van der Waals surface area (Å²) in [6, 6.07) is 4.78. The van der Waals surface area contributed by atoms with Gasteiger partial charge >= 0.3 is 0 Å². The molecule has 0 bridgehead atoms. The van der Waals surface area contributed by atoms with Crippen LogP contribution in [-0.4, -0.2) is 51.7 Å². The van der Waals surface area contributed by atoms with E-state index in [4.69, 9.17) is 16.3 Å². The van der Waals surface area contributed by atoms with Gasteiger partial charge in [0.1, 0.15) is 11.3 Å². The minimum atomic E-state index is -2.92. The van der Waals surface area contributed by atoms with Gasteiger partial charge in [-0.25, -0.2) is 17.7 Å². The van der Waals surface area contributed by atoms with E-state index in [0.29, 0.717) is 37.4 Å². The molecule has 2 fully saturated rings. The van der Waals surface area contributed by atoms with E-state index in [0.717, 1.165) is 6.07 Å². The van der Waals surface area contributed by atoms with Gasteiger partial charge in [-0.3, -0.25) is 4.79 Å². The van der Waals surface area contributed by atoms with Crippen molar-refractivity contribution >= 4 is 28.8 Å². The number of alkyl halides is 2. The molecule has 11 heteroatoms. The van der Waals surface area contributed by atoms with E-state index in [-0.39, 0.29) is 28.0 Å². The second-order valence-corrected chi connectivity index (χ2v) is 8.70. The number of fused-ring (bicyclic) bond motifs is 1. The number of benzene rings is 1. The third-order valence-electron chi connectivity index (χ3n) is 5.95. The fourth-order valence-corrected chi connectivity index (χ4v) is 4.38. The van der Waals surface area contributed by atoms with Gasteiger partial charge in [0.05, 0.1) is 35.8 Å². The molecule has 1 N–H and O–H groups in total. The minimum Gasteiger partial charge on any atom is -0.380 e. The molecular formula is C21H19ClF3N5O2. The summed E-state index contributed by atoms with van der Waals surface area (Å²) >= 11 is 6.04. The number of aromatic nitrogens is 3. The van der Waals surface area contributed by atoms with Gasteiger partial charge in [-0.2, -0.15) is 4.98 Å². The number of nitrogens with zero attached hydrogens (tertiary/aromatic N) is 4. The van der Waals surface area contributed by atoms with E-state index < -0.39 is 23.8 Å². The lowest BCUT2D eigenvalue weighted by molar-refractivity contribution is -0.176. The number of ether oxygens (including phenoxy) is 1. The van der Waals surface area contributed by atoms with Crippen LogP contribution in [0.1, 0.15) is 40.9 Å². The van der Waals surface area contributed by atoms with Crippen LogP contribution in [0.5, 0.6) is 0 Å². The fourth-order valence-electron chi connectivity index (χ4n) is 4.21. The first-order valence-corrected chi connectivity index (χ1v) is 10.4. The van der Waals surface area contributed by atoms with Crippen LogP contribution in [0.25, 0.3) is 5.52 Å². The highest BCUT2D eigenvalue weighted by Crippen LogP contribution is 2.38. The van der Waals surface area contributed by atoms with Crippen LogP contribution < -0.4 is 5.32 Å². The van der Waals surface area contributed by atoms with Crippen LogP contribution in [-0.2, 0) is 4.74 Å². The molecule has 0 radical (unpaired) electrons. The predicted molar refractivity (Wildman–Crippen MR) is 111 cm³/mol. The second-order valence-electron chi connectivity index (χ2n) is 8.36. The lowest BCUT2D eigenvalue weighted by Crippen LogP contribution is -2.67. The molecule has 4 heterocycles. The molecule has 7 nitrogen and oxygen atoms in total. The molecule has 2 aliphatic heterocycles. The average molecular weight is 466 g/mol. The van der Waals surface area contributed by atoms with Crippen molar-refractivity contribution in [3.63, 3.8) is 0 Å². The maximum atomic E-state index is 14.6. The summed E-state index contributed by atoms with van der Waals surface area (Å²) in [4.78, 5) is 18.8. The van der Waals surface area contributed by atoms with Crippen molar-refractivity contribution in [2.45, 2.75) is 19.4 Å². The zero-order valence-electron chi connectivity index (χ0n) is 17.0. The molecule has 1 aromatic carbocycles. The maximum Gasteiger partial charge on any atom is 0.266 e. The van der Waals surface area contributed by atoms with Crippen molar-refractivity contribution in [3.05, 3.63) is 58.3 Å². The van der Waals surface area contributed by atoms with E-state index >= 15 is 0 Å². The molecule has 0 aliphatic carbocycles. The largest absolute Gasteiger partial charge is 0.380 e. The van der Waals surface area contributed by atoms with Gasteiger partial charge in [0.25, 0.3) is 12.3 Å². The van der Waals surface area contributed by atoms with E-state index in [1.165, 1.54) is 16.6 Å². The highest BCUT2D eigenvalue weighted by molar-refractivity contribution is 6.28. The summed E-state index contributed by atoms with van der Waals surface area (Å²) in [7, 11) is 0. The Hall–Kier alpha value is -2.85. The normalized spacial score (nSPS) is 18.0. The number of hydrogen-bond donors (Lipinski definition) is 1. The van der Waals surface area contributed by atoms with Crippen LogP contribution >= 0.6 is 11.6 Å². The average Bonchev–Trinajstić information content (AvgIpc) is 3.09. The number of carbonyl (C=O) groups excluding carboxylic acids is 1. The molecule has 0 unspecified atom stereocenters. The maximum absolute atomic E-state index is 14.6. The summed E-state index contributed by atoms with van der Waals surface area (Å²) in [5, 5.41) is 7.02. The molecule has 1 spiro atoms. The Morgan fingerprint density at radius 3 is 2.66 bits per heavy atom. The smallest absolute Gasteiger partial charge is 0.266 e. The van der Waals surface area contributed by atoms with Gasteiger partial charge < -0.3 is 15.0 Å². The van der Waals surface area contributed by atoms with Crippen LogP contribution in [0.4, 0.5) is 19.0 Å². The third-order valence-corrected chi connectivity index (χ3v) is 6.11. The third kappa shape index (κ3) is 3.47. The number of halogens is 4. The Labute approximate surface area is 186 Å². The molecule has 1 amide bonds. The zero-order chi connectivity index (χ0) is 22.6. The quantitative estimate of drug-likeness (QED) is 0.614. The number of rotatable bonds is 5. The van der Waals surface area contributed by atoms with Crippen molar-refractivity contribution in [1.82, 2.24) is 19.5 Å². The summed E-state index contributed by atoms with van der Waals surface area (Å²) in [6.07, 6.45) is -1.37. The summed E-state index contributed by atoms with van der Waals surface area (Å²) in [5.41, 5.74) is 0.362. The fraction of sp³-hybridized carbons (Fsp3) is 0.381. The predicted octanol–water partition coefficient (Wildman–Crippen LogP) is 4.10. The Balaban J connectivity index is 1.42. The van der Waals surface area contributed by atoms with Gasteiger partial charge in [0.15, 0.2) is 5.82 Å². The van der Waals surface area contributed by atoms with E-state index in [2.05, 4.69) is 15.4 Å². The first-order valence-electron chi connectivity index (χ1n) is 10.0. The first kappa shape index (κ1) is 21.0. The Bertz CT molecular complexity index is 1210. The van der Waals surface area contributed by atoms with Crippen LogP contribution in [0, 0.1) is 11.2 Å². The van der Waals surface area contributed by atoms with Crippen molar-refractivity contribution < 1.29 is 22.7 Å². The molecule has 168 valence electrons. The monoisotopic (exact) mass is 465 g/mol. The number of carbonyl (C=O) groups is 1. The van der Waals surface area contributed by atoms with Gasteiger partial charge in [0, 0.05) is 24.8 Å². The molecule has 2 aliphatic rings.